The fraction of sp³-hybridized carbons (Fsp3) is 0.188. The van der Waals surface area contributed by atoms with Crippen LogP contribution in [0.5, 0.6) is 5.75 Å². The summed E-state index contributed by atoms with van der Waals surface area (Å²) in [6.45, 7) is -0.00664. The lowest BCUT2D eigenvalue weighted by Crippen LogP contribution is -2.15. The molecular weight excluding hydrogens is 373 g/mol. The van der Waals surface area contributed by atoms with Gasteiger partial charge in [0.05, 0.1) is 11.3 Å². The lowest BCUT2D eigenvalue weighted by atomic mass is 10.1. The number of carbonyl (C=O) groups is 1. The summed E-state index contributed by atoms with van der Waals surface area (Å²) in [6, 6.07) is 9.61. The Hall–Kier alpha value is -2.16. The second-order valence-corrected chi connectivity index (χ2v) is 6.93. The van der Waals surface area contributed by atoms with E-state index in [9.17, 15) is 17.6 Å². The van der Waals surface area contributed by atoms with Crippen molar-refractivity contribution in [2.45, 2.75) is 11.3 Å². The van der Waals surface area contributed by atoms with Crippen LogP contribution in [-0.4, -0.2) is 27.6 Å². The van der Waals surface area contributed by atoms with E-state index in [0.717, 1.165) is 0 Å². The van der Waals surface area contributed by atoms with Gasteiger partial charge in [0.2, 0.25) is 10.0 Å². The summed E-state index contributed by atoms with van der Waals surface area (Å²) >= 11 is 5.84. The van der Waals surface area contributed by atoms with Crippen LogP contribution in [0.2, 0.25) is 5.02 Å². The molecule has 0 unspecified atom stereocenters. The molecule has 6 nitrogen and oxygen atoms in total. The maximum atomic E-state index is 13.6. The second-order valence-electron chi connectivity index (χ2n) is 4.96. The molecule has 0 fully saturated rings. The number of carbonyl (C=O) groups excluding carboxylic acids is 1. The van der Waals surface area contributed by atoms with Gasteiger partial charge in [-0.1, -0.05) is 17.7 Å². The molecule has 0 bridgehead atoms. The Morgan fingerprint density at radius 3 is 2.40 bits per heavy atom. The van der Waals surface area contributed by atoms with Crippen LogP contribution < -0.4 is 9.88 Å². The van der Waals surface area contributed by atoms with Crippen LogP contribution in [0.3, 0.4) is 0 Å². The van der Waals surface area contributed by atoms with Crippen molar-refractivity contribution in [2.24, 2.45) is 5.14 Å². The number of ether oxygens (including phenoxy) is 2. The van der Waals surface area contributed by atoms with Crippen molar-refractivity contribution in [1.82, 2.24) is 0 Å². The first-order valence-corrected chi connectivity index (χ1v) is 9.04. The van der Waals surface area contributed by atoms with Gasteiger partial charge in [-0.15, -0.1) is 0 Å². The average Bonchev–Trinajstić information content (AvgIpc) is 2.55. The predicted octanol–water partition coefficient (Wildman–Crippen LogP) is 2.29. The van der Waals surface area contributed by atoms with E-state index in [4.69, 9.17) is 26.2 Å². The highest BCUT2D eigenvalue weighted by atomic mass is 35.5. The van der Waals surface area contributed by atoms with Crippen molar-refractivity contribution in [2.75, 3.05) is 13.2 Å². The number of hydrogen-bond donors (Lipinski definition) is 1. The third-order valence-corrected chi connectivity index (χ3v) is 4.43. The van der Waals surface area contributed by atoms with Crippen molar-refractivity contribution < 1.29 is 27.1 Å². The van der Waals surface area contributed by atoms with Crippen molar-refractivity contribution in [3.63, 3.8) is 0 Å². The van der Waals surface area contributed by atoms with E-state index in [2.05, 4.69) is 0 Å². The van der Waals surface area contributed by atoms with Crippen LogP contribution in [0.1, 0.15) is 5.56 Å². The lowest BCUT2D eigenvalue weighted by Gasteiger charge is -2.09. The van der Waals surface area contributed by atoms with Gasteiger partial charge in [0.15, 0.2) is 0 Å². The molecule has 9 heteroatoms. The van der Waals surface area contributed by atoms with Gasteiger partial charge < -0.3 is 9.47 Å². The normalized spacial score (nSPS) is 11.2. The summed E-state index contributed by atoms with van der Waals surface area (Å²) in [4.78, 5) is 11.7. The van der Waals surface area contributed by atoms with Crippen molar-refractivity contribution in [3.8, 4) is 5.75 Å². The Labute approximate surface area is 149 Å². The van der Waals surface area contributed by atoms with Gasteiger partial charge in [-0.05, 0) is 36.4 Å². The Morgan fingerprint density at radius 2 is 1.80 bits per heavy atom. The lowest BCUT2D eigenvalue weighted by molar-refractivity contribution is -0.143. The Morgan fingerprint density at radius 1 is 1.12 bits per heavy atom. The molecule has 2 aromatic rings. The van der Waals surface area contributed by atoms with Gasteiger partial charge in [-0.3, -0.25) is 4.79 Å². The van der Waals surface area contributed by atoms with E-state index < -0.39 is 21.8 Å². The van der Waals surface area contributed by atoms with Gasteiger partial charge in [-0.2, -0.15) is 0 Å². The number of nitrogens with two attached hydrogens (primary N) is 1. The average molecular weight is 388 g/mol. The molecule has 25 heavy (non-hydrogen) atoms. The van der Waals surface area contributed by atoms with Gasteiger partial charge in [0.25, 0.3) is 0 Å². The molecule has 0 saturated heterocycles. The maximum absolute atomic E-state index is 13.6. The summed E-state index contributed by atoms with van der Waals surface area (Å²) in [7, 11) is -3.76. The van der Waals surface area contributed by atoms with Crippen LogP contribution in [0, 0.1) is 5.82 Å². The highest BCUT2D eigenvalue weighted by Crippen LogP contribution is 2.19. The summed E-state index contributed by atoms with van der Waals surface area (Å²) in [6.07, 6.45) is -0.283. The number of esters is 1. The number of rotatable bonds is 7. The Kier molecular flexibility index (Phi) is 6.35. The summed E-state index contributed by atoms with van der Waals surface area (Å²) in [5, 5.41) is 5.14. The molecule has 0 heterocycles. The maximum Gasteiger partial charge on any atom is 0.310 e. The van der Waals surface area contributed by atoms with E-state index in [1.54, 1.807) is 0 Å². The van der Waals surface area contributed by atoms with Crippen molar-refractivity contribution in [3.05, 3.63) is 58.9 Å². The molecule has 2 aromatic carbocycles. The third-order valence-electron chi connectivity index (χ3n) is 3.15. The molecular formula is C16H15ClFNO5S. The van der Waals surface area contributed by atoms with Gasteiger partial charge in [-0.25, -0.2) is 17.9 Å². The molecule has 2 N–H and O–H groups in total. The molecule has 0 saturated carbocycles. The smallest absolute Gasteiger partial charge is 0.310 e. The van der Waals surface area contributed by atoms with E-state index in [0.29, 0.717) is 5.75 Å². The van der Waals surface area contributed by atoms with Gasteiger partial charge >= 0.3 is 5.97 Å². The first kappa shape index (κ1) is 19.2. The Balaban J connectivity index is 1.78. The summed E-state index contributed by atoms with van der Waals surface area (Å²) in [5.41, 5.74) is 0.0775. The molecule has 0 aliphatic carbocycles. The second kappa shape index (κ2) is 8.28. The first-order valence-electron chi connectivity index (χ1n) is 7.11. The standard InChI is InChI=1S/C16H15ClFNO5S/c17-14-2-1-3-15(18)13(14)10-16(20)24-9-8-23-11-4-6-12(7-5-11)25(19,21)22/h1-7H,8-10H2,(H2,19,21,22). The fourth-order valence-corrected chi connectivity index (χ4v) is 2.68. The van der Waals surface area contributed by atoms with Crippen LogP contribution in [-0.2, 0) is 26.0 Å². The number of primary sulfonamides is 1. The van der Waals surface area contributed by atoms with Crippen LogP contribution in [0.15, 0.2) is 47.4 Å². The Bertz CT molecular complexity index is 835. The van der Waals surface area contributed by atoms with Crippen LogP contribution >= 0.6 is 11.6 Å². The molecule has 0 aliphatic rings. The van der Waals surface area contributed by atoms with Gasteiger partial charge in [0, 0.05) is 10.6 Å². The van der Waals surface area contributed by atoms with Gasteiger partial charge in [0.1, 0.15) is 24.8 Å². The molecule has 0 amide bonds. The minimum atomic E-state index is -3.76. The molecule has 134 valence electrons. The predicted molar refractivity (Wildman–Crippen MR) is 89.4 cm³/mol. The number of benzene rings is 2. The molecule has 0 radical (unpaired) electrons. The minimum absolute atomic E-state index is 0.0342. The summed E-state index contributed by atoms with van der Waals surface area (Å²) in [5.74, 6) is -0.823. The highest BCUT2D eigenvalue weighted by Gasteiger charge is 2.13. The monoisotopic (exact) mass is 387 g/mol. The molecule has 2 rings (SSSR count). The van der Waals surface area contributed by atoms with E-state index in [-0.39, 0.29) is 35.1 Å². The molecule has 0 atom stereocenters. The topological polar surface area (TPSA) is 95.7 Å². The quantitative estimate of drug-likeness (QED) is 0.581. The number of hydrogen-bond acceptors (Lipinski definition) is 5. The highest BCUT2D eigenvalue weighted by molar-refractivity contribution is 7.89. The molecule has 0 spiro atoms. The van der Waals surface area contributed by atoms with Crippen LogP contribution in [0.25, 0.3) is 0 Å². The fourth-order valence-electron chi connectivity index (χ4n) is 1.94. The van der Waals surface area contributed by atoms with Crippen molar-refractivity contribution in [1.29, 1.82) is 0 Å². The third kappa shape index (κ3) is 5.70. The van der Waals surface area contributed by atoms with Crippen molar-refractivity contribution >= 4 is 27.6 Å². The molecule has 0 aromatic heterocycles. The number of halogens is 2. The zero-order valence-electron chi connectivity index (χ0n) is 12.9. The first-order chi connectivity index (χ1) is 11.8. The minimum Gasteiger partial charge on any atom is -0.490 e. The zero-order chi connectivity index (χ0) is 18.4. The zero-order valence-corrected chi connectivity index (χ0v) is 14.5. The van der Waals surface area contributed by atoms with E-state index in [1.807, 2.05) is 0 Å². The largest absolute Gasteiger partial charge is 0.490 e. The number of sulfonamides is 1. The van der Waals surface area contributed by atoms with E-state index >= 15 is 0 Å². The summed E-state index contributed by atoms with van der Waals surface area (Å²) < 4.78 is 46.1. The van der Waals surface area contributed by atoms with E-state index in [1.165, 1.54) is 42.5 Å². The van der Waals surface area contributed by atoms with Crippen LogP contribution in [0.4, 0.5) is 4.39 Å². The SMILES string of the molecule is NS(=O)(=O)c1ccc(OCCOC(=O)Cc2c(F)cccc2Cl)cc1. The molecule has 0 aliphatic heterocycles.